The van der Waals surface area contributed by atoms with E-state index < -0.39 is 30.4 Å². The van der Waals surface area contributed by atoms with Gasteiger partial charge in [-0.15, -0.1) is 0 Å². The lowest BCUT2D eigenvalue weighted by Crippen LogP contribution is -2.47. The third kappa shape index (κ3) is 7.19. The molecule has 0 aromatic carbocycles. The zero-order chi connectivity index (χ0) is 15.7. The zero-order valence-electron chi connectivity index (χ0n) is 11.6. The first-order valence-corrected chi connectivity index (χ1v) is 5.82. The van der Waals surface area contributed by atoms with Crippen LogP contribution in [0, 0.1) is 0 Å². The quantitative estimate of drug-likeness (QED) is 0.504. The smallest absolute Gasteiger partial charge is 0.326 e. The van der Waals surface area contributed by atoms with Crippen LogP contribution in [-0.2, 0) is 19.1 Å². The first kappa shape index (κ1) is 17.7. The van der Waals surface area contributed by atoms with Crippen LogP contribution in [0.25, 0.3) is 0 Å². The highest BCUT2D eigenvalue weighted by Gasteiger charge is 2.23. The van der Waals surface area contributed by atoms with Crippen LogP contribution in [-0.4, -0.2) is 67.7 Å². The van der Waals surface area contributed by atoms with E-state index in [1.165, 1.54) is 4.90 Å². The summed E-state index contributed by atoms with van der Waals surface area (Å²) in [6, 6.07) is -2.15. The number of ether oxygens (including phenoxy) is 1. The largest absolute Gasteiger partial charge is 0.480 e. The monoisotopic (exact) mass is 289 g/mol. The fraction of sp³-hybridized carbons (Fsp3) is 0.636. The predicted octanol–water partition coefficient (Wildman–Crippen LogP) is -1.22. The molecule has 114 valence electrons. The average molecular weight is 289 g/mol. The predicted molar refractivity (Wildman–Crippen MR) is 67.9 cm³/mol. The van der Waals surface area contributed by atoms with Crippen LogP contribution in [0.5, 0.6) is 0 Å². The molecule has 0 aliphatic heterocycles. The first-order valence-electron chi connectivity index (χ1n) is 5.82. The van der Waals surface area contributed by atoms with E-state index in [9.17, 15) is 19.2 Å². The number of rotatable bonds is 7. The molecule has 3 N–H and O–H groups in total. The second-order valence-electron chi connectivity index (χ2n) is 4.11. The maximum atomic E-state index is 11.4. The van der Waals surface area contributed by atoms with Gasteiger partial charge in [0.25, 0.3) is 0 Å². The van der Waals surface area contributed by atoms with E-state index in [1.807, 2.05) is 0 Å². The van der Waals surface area contributed by atoms with E-state index in [1.54, 1.807) is 14.1 Å². The molecule has 0 saturated carbocycles. The zero-order valence-corrected chi connectivity index (χ0v) is 11.6. The Balaban J connectivity index is 4.17. The fourth-order valence-corrected chi connectivity index (χ4v) is 1.17. The van der Waals surface area contributed by atoms with Gasteiger partial charge in [-0.3, -0.25) is 9.59 Å². The van der Waals surface area contributed by atoms with Crippen LogP contribution in [0.3, 0.4) is 0 Å². The molecule has 0 aromatic rings. The molecule has 0 spiro atoms. The number of carboxylic acid groups (broad SMARTS) is 1. The lowest BCUT2D eigenvalue weighted by molar-refractivity contribution is -0.147. The van der Waals surface area contributed by atoms with Gasteiger partial charge in [-0.25, -0.2) is 9.59 Å². The Morgan fingerprint density at radius 2 is 1.85 bits per heavy atom. The number of carbonyl (C=O) groups is 4. The Morgan fingerprint density at radius 3 is 2.30 bits per heavy atom. The molecule has 0 rings (SSSR count). The number of esters is 1. The fourth-order valence-electron chi connectivity index (χ4n) is 1.17. The number of methoxy groups -OCH3 is 1. The van der Waals surface area contributed by atoms with E-state index in [2.05, 4.69) is 15.4 Å². The third-order valence-corrected chi connectivity index (χ3v) is 2.33. The number of hydrogen-bond donors (Lipinski definition) is 3. The van der Waals surface area contributed by atoms with E-state index in [-0.39, 0.29) is 18.9 Å². The van der Waals surface area contributed by atoms with Crippen molar-refractivity contribution in [3.05, 3.63) is 0 Å². The topological polar surface area (TPSA) is 125 Å². The number of urea groups is 1. The summed E-state index contributed by atoms with van der Waals surface area (Å²) >= 11 is 0. The van der Waals surface area contributed by atoms with Gasteiger partial charge < -0.3 is 25.4 Å². The van der Waals surface area contributed by atoms with Crippen molar-refractivity contribution in [3.63, 3.8) is 0 Å². The summed E-state index contributed by atoms with van der Waals surface area (Å²) in [5, 5.41) is 13.3. The van der Waals surface area contributed by atoms with Crippen molar-refractivity contribution in [3.8, 4) is 0 Å². The van der Waals surface area contributed by atoms with Crippen molar-refractivity contribution in [2.45, 2.75) is 18.9 Å². The van der Waals surface area contributed by atoms with E-state index in [0.29, 0.717) is 0 Å². The second kappa shape index (κ2) is 8.73. The van der Waals surface area contributed by atoms with Crippen LogP contribution >= 0.6 is 0 Å². The molecular formula is C11H19N3O6. The summed E-state index contributed by atoms with van der Waals surface area (Å²) in [5.74, 6) is -2.27. The number of carboxylic acids is 1. The van der Waals surface area contributed by atoms with Gasteiger partial charge in [-0.2, -0.15) is 0 Å². The Hall–Kier alpha value is -2.32. The summed E-state index contributed by atoms with van der Waals surface area (Å²) in [6.07, 6.45) is -0.384. The van der Waals surface area contributed by atoms with Gasteiger partial charge in [0, 0.05) is 27.1 Å². The van der Waals surface area contributed by atoms with Crippen molar-refractivity contribution >= 4 is 23.9 Å². The normalized spacial score (nSPS) is 11.2. The molecule has 9 nitrogen and oxygen atoms in total. The molecule has 0 aromatic heterocycles. The van der Waals surface area contributed by atoms with Gasteiger partial charge in [0.2, 0.25) is 5.91 Å². The summed E-state index contributed by atoms with van der Waals surface area (Å²) in [5.41, 5.74) is 0. The number of aliphatic carboxylic acids is 1. The number of hydrogen-bond acceptors (Lipinski definition) is 5. The van der Waals surface area contributed by atoms with E-state index in [0.717, 1.165) is 7.11 Å². The molecule has 20 heavy (non-hydrogen) atoms. The van der Waals surface area contributed by atoms with E-state index in [4.69, 9.17) is 5.11 Å². The Kier molecular flexibility index (Phi) is 7.71. The lowest BCUT2D eigenvalue weighted by Gasteiger charge is -2.14. The number of nitrogens with zero attached hydrogens (tertiary/aromatic N) is 1. The first-order chi connectivity index (χ1) is 9.27. The van der Waals surface area contributed by atoms with Crippen molar-refractivity contribution in [1.82, 2.24) is 15.5 Å². The highest BCUT2D eigenvalue weighted by Crippen LogP contribution is 1.95. The molecule has 1 atom stereocenters. The second-order valence-corrected chi connectivity index (χ2v) is 4.11. The van der Waals surface area contributed by atoms with Gasteiger partial charge in [-0.05, 0) is 0 Å². The van der Waals surface area contributed by atoms with Gasteiger partial charge in [0.05, 0.1) is 13.5 Å². The van der Waals surface area contributed by atoms with Crippen LogP contribution in [0.2, 0.25) is 0 Å². The van der Waals surface area contributed by atoms with Gasteiger partial charge in [0.15, 0.2) is 0 Å². The SMILES string of the molecule is COC(=O)C[C@H](NC(=O)NCCC(=O)N(C)C)C(=O)O. The summed E-state index contributed by atoms with van der Waals surface area (Å²) in [7, 11) is 4.28. The Bertz CT molecular complexity index is 382. The van der Waals surface area contributed by atoms with E-state index >= 15 is 0 Å². The molecule has 0 heterocycles. The highest BCUT2D eigenvalue weighted by molar-refractivity contribution is 5.86. The maximum Gasteiger partial charge on any atom is 0.326 e. The van der Waals surface area contributed by atoms with Crippen LogP contribution in [0.15, 0.2) is 0 Å². The Labute approximate surface area is 116 Å². The molecular weight excluding hydrogens is 270 g/mol. The molecule has 0 aliphatic carbocycles. The molecule has 0 bridgehead atoms. The van der Waals surface area contributed by atoms with Gasteiger partial charge in [0.1, 0.15) is 6.04 Å². The summed E-state index contributed by atoms with van der Waals surface area (Å²) < 4.78 is 4.33. The number of amides is 3. The number of carbonyl (C=O) groups excluding carboxylic acids is 3. The van der Waals surface area contributed by atoms with Gasteiger partial charge >= 0.3 is 18.0 Å². The summed E-state index contributed by atoms with van der Waals surface area (Å²) in [6.45, 7) is 0.0629. The minimum absolute atomic E-state index is 0.0629. The van der Waals surface area contributed by atoms with Crippen molar-refractivity contribution in [2.24, 2.45) is 0 Å². The van der Waals surface area contributed by atoms with Crippen LogP contribution in [0.1, 0.15) is 12.8 Å². The molecule has 0 saturated heterocycles. The lowest BCUT2D eigenvalue weighted by atomic mass is 10.2. The van der Waals surface area contributed by atoms with Crippen molar-refractivity contribution in [1.29, 1.82) is 0 Å². The molecule has 0 radical (unpaired) electrons. The van der Waals surface area contributed by atoms with Gasteiger partial charge in [-0.1, -0.05) is 0 Å². The minimum atomic E-state index is -1.38. The molecule has 9 heteroatoms. The minimum Gasteiger partial charge on any atom is -0.480 e. The molecule has 0 aliphatic rings. The summed E-state index contributed by atoms with van der Waals surface area (Å²) in [4.78, 5) is 45.9. The molecule has 3 amide bonds. The Morgan fingerprint density at radius 1 is 1.25 bits per heavy atom. The standard InChI is InChI=1S/C11H19N3O6/c1-14(2)8(15)4-5-12-11(19)13-7(10(17)18)6-9(16)20-3/h7H,4-6H2,1-3H3,(H,17,18)(H2,12,13,19)/t7-/m0/s1. The average Bonchev–Trinajstić information content (AvgIpc) is 2.37. The molecule has 0 fully saturated rings. The van der Waals surface area contributed by atoms with Crippen LogP contribution < -0.4 is 10.6 Å². The van der Waals surface area contributed by atoms with Crippen LogP contribution in [0.4, 0.5) is 4.79 Å². The third-order valence-electron chi connectivity index (χ3n) is 2.33. The van der Waals surface area contributed by atoms with Crippen molar-refractivity contribution in [2.75, 3.05) is 27.7 Å². The van der Waals surface area contributed by atoms with Crippen molar-refractivity contribution < 1.29 is 29.0 Å². The molecule has 0 unspecified atom stereocenters. The maximum absolute atomic E-state index is 11.4. The number of nitrogens with one attached hydrogen (secondary N) is 2. The highest BCUT2D eigenvalue weighted by atomic mass is 16.5.